The van der Waals surface area contributed by atoms with Crippen molar-refractivity contribution in [1.29, 1.82) is 0 Å². The van der Waals surface area contributed by atoms with E-state index < -0.39 is 5.97 Å². The Kier molecular flexibility index (Phi) is 4.64. The van der Waals surface area contributed by atoms with Crippen LogP contribution < -0.4 is 0 Å². The summed E-state index contributed by atoms with van der Waals surface area (Å²) in [5, 5.41) is 14.1. The van der Waals surface area contributed by atoms with Gasteiger partial charge in [-0.25, -0.2) is 9.48 Å². The average Bonchev–Trinajstić information content (AvgIpc) is 2.74. The normalized spacial score (nSPS) is 12.0. The highest BCUT2D eigenvalue weighted by Gasteiger charge is 2.22. The van der Waals surface area contributed by atoms with Crippen LogP contribution in [-0.4, -0.2) is 20.9 Å². The number of nitrogens with zero attached hydrogens (tertiary/aromatic N) is 2. The summed E-state index contributed by atoms with van der Waals surface area (Å²) in [5.41, 5.74) is 3.90. The fourth-order valence-electron chi connectivity index (χ4n) is 2.72. The fourth-order valence-corrected chi connectivity index (χ4v) is 2.72. The van der Waals surface area contributed by atoms with Crippen molar-refractivity contribution < 1.29 is 9.90 Å². The molecule has 1 heterocycles. The lowest BCUT2D eigenvalue weighted by Crippen LogP contribution is -2.11. The minimum absolute atomic E-state index is 0.0900. The maximum atomic E-state index is 11.6. The van der Waals surface area contributed by atoms with E-state index >= 15 is 0 Å². The van der Waals surface area contributed by atoms with Gasteiger partial charge in [0.2, 0.25) is 0 Å². The van der Waals surface area contributed by atoms with Gasteiger partial charge in [-0.3, -0.25) is 0 Å². The molecular weight excluding hydrogens is 288 g/mol. The van der Waals surface area contributed by atoms with Crippen molar-refractivity contribution in [1.82, 2.24) is 9.78 Å². The van der Waals surface area contributed by atoms with Crippen molar-refractivity contribution in [3.63, 3.8) is 0 Å². The summed E-state index contributed by atoms with van der Waals surface area (Å²) >= 11 is 0. The molecule has 0 spiro atoms. The highest BCUT2D eigenvalue weighted by molar-refractivity contribution is 5.90. The van der Waals surface area contributed by atoms with Gasteiger partial charge in [-0.1, -0.05) is 46.8 Å². The molecule has 1 aromatic carbocycles. The van der Waals surface area contributed by atoms with Crippen molar-refractivity contribution in [3.8, 4) is 5.69 Å². The summed E-state index contributed by atoms with van der Waals surface area (Å²) in [6.07, 6.45) is 0.662. The van der Waals surface area contributed by atoms with E-state index in [4.69, 9.17) is 0 Å². The number of aromatic carboxylic acids is 1. The quantitative estimate of drug-likeness (QED) is 0.911. The lowest BCUT2D eigenvalue weighted by molar-refractivity contribution is 0.0694. The number of hydrogen-bond donors (Lipinski definition) is 1. The number of benzene rings is 1. The third-order valence-electron chi connectivity index (χ3n) is 3.98. The Balaban J connectivity index is 2.49. The monoisotopic (exact) mass is 314 g/mol. The molecule has 1 aromatic heterocycles. The predicted molar refractivity (Wildman–Crippen MR) is 92.5 cm³/mol. The van der Waals surface area contributed by atoms with Gasteiger partial charge in [0.15, 0.2) is 0 Å². The molecule has 0 radical (unpaired) electrons. The Labute approximate surface area is 138 Å². The number of carbonyl (C=O) groups is 1. The van der Waals surface area contributed by atoms with Crippen LogP contribution in [-0.2, 0) is 11.8 Å². The first kappa shape index (κ1) is 17.3. The van der Waals surface area contributed by atoms with Gasteiger partial charge in [-0.15, -0.1) is 0 Å². The van der Waals surface area contributed by atoms with E-state index in [9.17, 15) is 9.90 Å². The maximum absolute atomic E-state index is 11.6. The molecule has 0 aliphatic heterocycles. The second-order valence-electron chi connectivity index (χ2n) is 7.52. The summed E-state index contributed by atoms with van der Waals surface area (Å²) in [6.45, 7) is 12.5. The fraction of sp³-hybridized carbons (Fsp3) is 0.474. The summed E-state index contributed by atoms with van der Waals surface area (Å²) in [7, 11) is 0. The first-order valence-corrected chi connectivity index (χ1v) is 8.04. The molecule has 0 bridgehead atoms. The summed E-state index contributed by atoms with van der Waals surface area (Å²) in [5.74, 6) is -0.546. The SMILES string of the molecule is Cc1c(C(=O)O)c(CC(C)C)nn1-c1ccc(C(C)(C)C)cc1. The van der Waals surface area contributed by atoms with Gasteiger partial charge in [0.25, 0.3) is 0 Å². The number of rotatable bonds is 4. The topological polar surface area (TPSA) is 55.1 Å². The van der Waals surface area contributed by atoms with Crippen LogP contribution in [0.25, 0.3) is 5.69 Å². The second-order valence-corrected chi connectivity index (χ2v) is 7.52. The standard InChI is InChI=1S/C19H26N2O2/c1-12(2)11-16-17(18(22)23)13(3)21(20-16)15-9-7-14(8-10-15)19(4,5)6/h7-10,12H,11H2,1-6H3,(H,22,23). The number of aromatic nitrogens is 2. The lowest BCUT2D eigenvalue weighted by Gasteiger charge is -2.19. The third-order valence-corrected chi connectivity index (χ3v) is 3.98. The molecule has 124 valence electrons. The van der Waals surface area contributed by atoms with E-state index in [0.29, 0.717) is 29.3 Å². The Bertz CT molecular complexity index is 704. The van der Waals surface area contributed by atoms with E-state index in [1.54, 1.807) is 4.68 Å². The van der Waals surface area contributed by atoms with Crippen LogP contribution in [0.3, 0.4) is 0 Å². The van der Waals surface area contributed by atoms with Crippen LogP contribution in [0.5, 0.6) is 0 Å². The van der Waals surface area contributed by atoms with E-state index in [0.717, 1.165) is 5.69 Å². The molecule has 23 heavy (non-hydrogen) atoms. The van der Waals surface area contributed by atoms with Crippen molar-refractivity contribution in [2.45, 2.75) is 53.4 Å². The zero-order valence-corrected chi connectivity index (χ0v) is 14.8. The van der Waals surface area contributed by atoms with Crippen LogP contribution in [0, 0.1) is 12.8 Å². The third kappa shape index (κ3) is 3.63. The molecule has 0 atom stereocenters. The van der Waals surface area contributed by atoms with Gasteiger partial charge in [0.05, 0.1) is 17.1 Å². The molecule has 0 saturated carbocycles. The maximum Gasteiger partial charge on any atom is 0.339 e. The second kappa shape index (κ2) is 6.19. The molecule has 2 aromatic rings. The molecule has 0 fully saturated rings. The van der Waals surface area contributed by atoms with Gasteiger partial charge in [0, 0.05) is 0 Å². The highest BCUT2D eigenvalue weighted by Crippen LogP contribution is 2.25. The number of hydrogen-bond acceptors (Lipinski definition) is 2. The van der Waals surface area contributed by atoms with E-state index in [2.05, 4.69) is 51.9 Å². The smallest absolute Gasteiger partial charge is 0.339 e. The summed E-state index contributed by atoms with van der Waals surface area (Å²) in [4.78, 5) is 11.6. The molecule has 2 rings (SSSR count). The molecular formula is C19H26N2O2. The number of carboxylic acids is 1. The predicted octanol–water partition coefficient (Wildman–Crippen LogP) is 4.37. The lowest BCUT2D eigenvalue weighted by atomic mass is 9.87. The average molecular weight is 314 g/mol. The van der Waals surface area contributed by atoms with E-state index in [1.165, 1.54) is 5.56 Å². The molecule has 0 aliphatic rings. The van der Waals surface area contributed by atoms with Crippen LogP contribution in [0.15, 0.2) is 24.3 Å². The summed E-state index contributed by atoms with van der Waals surface area (Å²) in [6, 6.07) is 8.18. The number of carboxylic acid groups (broad SMARTS) is 1. The largest absolute Gasteiger partial charge is 0.478 e. The van der Waals surface area contributed by atoms with Crippen molar-refractivity contribution >= 4 is 5.97 Å². The van der Waals surface area contributed by atoms with Gasteiger partial charge >= 0.3 is 5.97 Å². The van der Waals surface area contributed by atoms with Gasteiger partial charge < -0.3 is 5.11 Å². The zero-order valence-electron chi connectivity index (χ0n) is 14.8. The van der Waals surface area contributed by atoms with Crippen molar-refractivity contribution in [2.75, 3.05) is 0 Å². The Morgan fingerprint density at radius 2 is 1.78 bits per heavy atom. The van der Waals surface area contributed by atoms with Gasteiger partial charge in [0.1, 0.15) is 5.56 Å². The van der Waals surface area contributed by atoms with Crippen LogP contribution >= 0.6 is 0 Å². The zero-order chi connectivity index (χ0) is 17.4. The first-order chi connectivity index (χ1) is 10.6. The molecule has 0 unspecified atom stereocenters. The van der Waals surface area contributed by atoms with Crippen LogP contribution in [0.2, 0.25) is 0 Å². The molecule has 4 nitrogen and oxygen atoms in total. The minimum atomic E-state index is -0.907. The molecule has 0 saturated heterocycles. The molecule has 1 N–H and O–H groups in total. The Hall–Kier alpha value is -2.10. The molecule has 0 aliphatic carbocycles. The van der Waals surface area contributed by atoms with Crippen molar-refractivity contribution in [2.24, 2.45) is 5.92 Å². The first-order valence-electron chi connectivity index (χ1n) is 8.04. The van der Waals surface area contributed by atoms with Crippen molar-refractivity contribution in [3.05, 3.63) is 46.8 Å². The van der Waals surface area contributed by atoms with Crippen LogP contribution in [0.1, 0.15) is 61.9 Å². The highest BCUT2D eigenvalue weighted by atomic mass is 16.4. The van der Waals surface area contributed by atoms with Gasteiger partial charge in [-0.2, -0.15) is 5.10 Å². The molecule has 4 heteroatoms. The van der Waals surface area contributed by atoms with Gasteiger partial charge in [-0.05, 0) is 42.4 Å². The molecule has 0 amide bonds. The van der Waals surface area contributed by atoms with Crippen LogP contribution in [0.4, 0.5) is 0 Å². The Morgan fingerprint density at radius 1 is 1.22 bits per heavy atom. The van der Waals surface area contributed by atoms with E-state index in [1.807, 2.05) is 19.1 Å². The van der Waals surface area contributed by atoms with E-state index in [-0.39, 0.29) is 5.41 Å². The minimum Gasteiger partial charge on any atom is -0.478 e. The summed E-state index contributed by atoms with van der Waals surface area (Å²) < 4.78 is 1.74. The Morgan fingerprint density at radius 3 is 2.22 bits per heavy atom.